The van der Waals surface area contributed by atoms with Gasteiger partial charge in [0.25, 0.3) is 0 Å². The van der Waals surface area contributed by atoms with Crippen LogP contribution < -0.4 is 0 Å². The number of esters is 1. The Morgan fingerprint density at radius 3 is 2.59 bits per heavy atom. The highest BCUT2D eigenvalue weighted by molar-refractivity contribution is 6.02. The van der Waals surface area contributed by atoms with Crippen LogP contribution in [0.2, 0.25) is 0 Å². The fourth-order valence-electron chi connectivity index (χ4n) is 1.60. The van der Waals surface area contributed by atoms with E-state index in [1.807, 2.05) is 45.0 Å². The number of hydrogen-bond acceptors (Lipinski definition) is 3. The predicted molar refractivity (Wildman–Crippen MR) is 66.9 cm³/mol. The average molecular weight is 229 g/mol. The molecule has 0 saturated heterocycles. The summed E-state index contributed by atoms with van der Waals surface area (Å²) in [5, 5.41) is 0.941. The van der Waals surface area contributed by atoms with E-state index in [0.29, 0.717) is 11.1 Å². The average Bonchev–Trinajstić information content (AvgIpc) is 2.26. The molecule has 3 heteroatoms. The van der Waals surface area contributed by atoms with Crippen molar-refractivity contribution in [1.29, 1.82) is 0 Å². The molecule has 17 heavy (non-hydrogen) atoms. The summed E-state index contributed by atoms with van der Waals surface area (Å²) in [5.74, 6) is -0.332. The second kappa shape index (κ2) is 4.17. The van der Waals surface area contributed by atoms with Crippen LogP contribution in [0.1, 0.15) is 31.1 Å². The van der Waals surface area contributed by atoms with Crippen molar-refractivity contribution in [2.45, 2.75) is 26.4 Å². The maximum Gasteiger partial charge on any atom is 0.340 e. The van der Waals surface area contributed by atoms with E-state index in [0.717, 1.165) is 5.39 Å². The predicted octanol–water partition coefficient (Wildman–Crippen LogP) is 3.19. The molecule has 0 saturated carbocycles. The van der Waals surface area contributed by atoms with E-state index in [2.05, 4.69) is 4.98 Å². The summed E-state index contributed by atoms with van der Waals surface area (Å²) in [7, 11) is 0. The van der Waals surface area contributed by atoms with Gasteiger partial charge in [0, 0.05) is 11.6 Å². The number of fused-ring (bicyclic) bond motifs is 1. The van der Waals surface area contributed by atoms with Crippen LogP contribution >= 0.6 is 0 Å². The zero-order valence-corrected chi connectivity index (χ0v) is 10.2. The Labute approximate surface area is 100 Å². The van der Waals surface area contributed by atoms with Crippen molar-refractivity contribution in [3.63, 3.8) is 0 Å². The van der Waals surface area contributed by atoms with Gasteiger partial charge in [-0.25, -0.2) is 4.79 Å². The van der Waals surface area contributed by atoms with Gasteiger partial charge in [0.1, 0.15) is 5.60 Å². The fraction of sp³-hybridized carbons (Fsp3) is 0.286. The Morgan fingerprint density at radius 2 is 1.88 bits per heavy atom. The topological polar surface area (TPSA) is 39.2 Å². The number of pyridine rings is 1. The van der Waals surface area contributed by atoms with E-state index >= 15 is 0 Å². The van der Waals surface area contributed by atoms with Crippen LogP contribution in [0.3, 0.4) is 0 Å². The van der Waals surface area contributed by atoms with Crippen molar-refractivity contribution in [2.24, 2.45) is 0 Å². The highest BCUT2D eigenvalue weighted by Gasteiger charge is 2.19. The number of carbonyl (C=O) groups excluding carboxylic acids is 1. The molecule has 1 aromatic carbocycles. The van der Waals surface area contributed by atoms with E-state index < -0.39 is 5.60 Å². The second-order valence-electron chi connectivity index (χ2n) is 4.88. The maximum atomic E-state index is 12.0. The Kier molecular flexibility index (Phi) is 2.84. The maximum absolute atomic E-state index is 12.0. The minimum absolute atomic E-state index is 0.332. The molecule has 1 aromatic heterocycles. The molecule has 88 valence electrons. The van der Waals surface area contributed by atoms with Crippen LogP contribution in [0.4, 0.5) is 0 Å². The first-order chi connectivity index (χ1) is 7.97. The molecule has 0 fully saturated rings. The van der Waals surface area contributed by atoms with Gasteiger partial charge in [0.2, 0.25) is 0 Å². The number of nitrogens with zero attached hydrogens (tertiary/aromatic N) is 1. The lowest BCUT2D eigenvalue weighted by Gasteiger charge is -2.19. The molecule has 0 radical (unpaired) electrons. The third kappa shape index (κ3) is 2.61. The smallest absolute Gasteiger partial charge is 0.340 e. The molecule has 2 rings (SSSR count). The Morgan fingerprint density at radius 1 is 1.18 bits per heavy atom. The van der Waals surface area contributed by atoms with Crippen LogP contribution in [0.5, 0.6) is 0 Å². The molecule has 1 heterocycles. The van der Waals surface area contributed by atoms with E-state index in [-0.39, 0.29) is 5.97 Å². The number of ether oxygens (including phenoxy) is 1. The van der Waals surface area contributed by atoms with Gasteiger partial charge in [-0.2, -0.15) is 0 Å². The van der Waals surface area contributed by atoms with Crippen molar-refractivity contribution in [1.82, 2.24) is 4.98 Å². The minimum Gasteiger partial charge on any atom is -0.456 e. The summed E-state index contributed by atoms with van der Waals surface area (Å²) >= 11 is 0. The summed E-state index contributed by atoms with van der Waals surface area (Å²) in [4.78, 5) is 16.2. The molecule has 0 aliphatic rings. The third-order valence-electron chi connectivity index (χ3n) is 2.25. The van der Waals surface area contributed by atoms with E-state index in [1.54, 1.807) is 12.3 Å². The molecule has 0 unspecified atom stereocenters. The standard InChI is InChI=1S/C14H15NO2/c1-14(2,3)17-13(16)11-8-4-6-10-7-5-9-15-12(10)11/h4-9H,1-3H3. The zero-order chi connectivity index (χ0) is 12.5. The molecule has 0 spiro atoms. The number of hydrogen-bond donors (Lipinski definition) is 0. The summed E-state index contributed by atoms with van der Waals surface area (Å²) in [6.07, 6.45) is 1.68. The van der Waals surface area contributed by atoms with Crippen molar-refractivity contribution in [3.8, 4) is 0 Å². The molecule has 0 bridgehead atoms. The summed E-state index contributed by atoms with van der Waals surface area (Å²) in [5.41, 5.74) is 0.705. The van der Waals surface area contributed by atoms with E-state index in [4.69, 9.17) is 4.74 Å². The van der Waals surface area contributed by atoms with Crippen LogP contribution in [0.15, 0.2) is 36.5 Å². The van der Waals surface area contributed by atoms with E-state index in [1.165, 1.54) is 0 Å². The van der Waals surface area contributed by atoms with Crippen molar-refractivity contribution in [3.05, 3.63) is 42.1 Å². The first-order valence-corrected chi connectivity index (χ1v) is 5.54. The first kappa shape index (κ1) is 11.6. The van der Waals surface area contributed by atoms with E-state index in [9.17, 15) is 4.79 Å². The van der Waals surface area contributed by atoms with Gasteiger partial charge < -0.3 is 4.74 Å². The molecule has 0 amide bonds. The number of rotatable bonds is 1. The summed E-state index contributed by atoms with van der Waals surface area (Å²) in [6.45, 7) is 5.55. The fourth-order valence-corrected chi connectivity index (χ4v) is 1.60. The van der Waals surface area contributed by atoms with Gasteiger partial charge >= 0.3 is 5.97 Å². The zero-order valence-electron chi connectivity index (χ0n) is 10.2. The Balaban J connectivity index is 2.45. The van der Waals surface area contributed by atoms with Gasteiger partial charge in [0.15, 0.2) is 0 Å². The number of carbonyl (C=O) groups is 1. The number of para-hydroxylation sites is 1. The molecular formula is C14H15NO2. The number of benzene rings is 1. The van der Waals surface area contributed by atoms with Crippen molar-refractivity contribution >= 4 is 16.9 Å². The monoisotopic (exact) mass is 229 g/mol. The van der Waals surface area contributed by atoms with Crippen molar-refractivity contribution in [2.75, 3.05) is 0 Å². The normalized spacial score (nSPS) is 11.5. The van der Waals surface area contributed by atoms with Crippen LogP contribution in [-0.4, -0.2) is 16.6 Å². The Hall–Kier alpha value is -1.90. The van der Waals surface area contributed by atoms with Gasteiger partial charge in [-0.1, -0.05) is 18.2 Å². The van der Waals surface area contributed by atoms with Crippen LogP contribution in [0.25, 0.3) is 10.9 Å². The highest BCUT2D eigenvalue weighted by Crippen LogP contribution is 2.19. The lowest BCUT2D eigenvalue weighted by Crippen LogP contribution is -2.24. The van der Waals surface area contributed by atoms with Gasteiger partial charge in [-0.3, -0.25) is 4.98 Å². The lowest BCUT2D eigenvalue weighted by atomic mass is 10.1. The lowest BCUT2D eigenvalue weighted by molar-refractivity contribution is 0.00716. The SMILES string of the molecule is CC(C)(C)OC(=O)c1cccc2cccnc12. The van der Waals surface area contributed by atoms with Crippen LogP contribution in [0, 0.1) is 0 Å². The molecule has 3 nitrogen and oxygen atoms in total. The first-order valence-electron chi connectivity index (χ1n) is 5.54. The molecule has 0 aliphatic carbocycles. The van der Waals surface area contributed by atoms with Crippen LogP contribution in [-0.2, 0) is 4.74 Å². The minimum atomic E-state index is -0.492. The van der Waals surface area contributed by atoms with Gasteiger partial charge in [0.05, 0.1) is 11.1 Å². The molecule has 0 atom stereocenters. The molecule has 0 aliphatic heterocycles. The molecule has 0 N–H and O–H groups in total. The summed E-state index contributed by atoms with van der Waals surface area (Å²) in [6, 6.07) is 9.28. The second-order valence-corrected chi connectivity index (χ2v) is 4.88. The van der Waals surface area contributed by atoms with Gasteiger partial charge in [-0.05, 0) is 32.9 Å². The molecule has 2 aromatic rings. The highest BCUT2D eigenvalue weighted by atomic mass is 16.6. The Bertz CT molecular complexity index is 550. The largest absolute Gasteiger partial charge is 0.456 e. The number of aromatic nitrogens is 1. The van der Waals surface area contributed by atoms with Crippen molar-refractivity contribution < 1.29 is 9.53 Å². The van der Waals surface area contributed by atoms with Gasteiger partial charge in [-0.15, -0.1) is 0 Å². The summed E-state index contributed by atoms with van der Waals surface area (Å²) < 4.78 is 5.35. The molecular weight excluding hydrogens is 214 g/mol. The quantitative estimate of drug-likeness (QED) is 0.705. The third-order valence-corrected chi connectivity index (χ3v) is 2.25.